The van der Waals surface area contributed by atoms with E-state index in [9.17, 15) is 30.0 Å². The molecule has 6 atom stereocenters. The first kappa shape index (κ1) is 39.5. The second-order valence-electron chi connectivity index (χ2n) is 11.6. The molecule has 0 saturated carbocycles. The first-order chi connectivity index (χ1) is 20.8. The molecule has 4 N–H and O–H groups in total. The molecule has 10 heteroatoms. The third-order valence-corrected chi connectivity index (χ3v) is 7.65. The van der Waals surface area contributed by atoms with Gasteiger partial charge in [-0.15, -0.1) is 0 Å². The van der Waals surface area contributed by atoms with Gasteiger partial charge in [0.1, 0.15) is 31.0 Å². The molecule has 1 aliphatic heterocycles. The van der Waals surface area contributed by atoms with E-state index < -0.39 is 55.4 Å². The summed E-state index contributed by atoms with van der Waals surface area (Å²) in [5.41, 5.74) is 0. The summed E-state index contributed by atoms with van der Waals surface area (Å²) in [7, 11) is 0. The Kier molecular flexibility index (Phi) is 23.6. The molecule has 1 heterocycles. The Bertz CT molecular complexity index is 728. The summed E-state index contributed by atoms with van der Waals surface area (Å²) < 4.78 is 21.6. The summed E-state index contributed by atoms with van der Waals surface area (Å²) in [6.45, 7) is 3.12. The maximum Gasteiger partial charge on any atom is 0.306 e. The predicted octanol–water partition coefficient (Wildman–Crippen LogP) is 4.88. The largest absolute Gasteiger partial charge is 0.462 e. The highest BCUT2D eigenvalue weighted by Gasteiger charge is 2.44. The van der Waals surface area contributed by atoms with Crippen molar-refractivity contribution >= 4 is 11.9 Å². The van der Waals surface area contributed by atoms with Crippen molar-refractivity contribution < 1.29 is 49.0 Å². The summed E-state index contributed by atoms with van der Waals surface area (Å²) in [4.78, 5) is 24.5. The van der Waals surface area contributed by atoms with Crippen molar-refractivity contribution in [3.8, 4) is 0 Å². The highest BCUT2D eigenvalue weighted by molar-refractivity contribution is 5.70. The lowest BCUT2D eigenvalue weighted by Crippen LogP contribution is -2.59. The van der Waals surface area contributed by atoms with Gasteiger partial charge >= 0.3 is 11.9 Å². The zero-order chi connectivity index (χ0) is 31.7. The van der Waals surface area contributed by atoms with Crippen LogP contribution in [0.5, 0.6) is 0 Å². The number of aliphatic hydroxyl groups excluding tert-OH is 4. The number of hydrogen-bond acceptors (Lipinski definition) is 10. The number of ether oxygens (including phenoxy) is 4. The molecule has 0 aromatic heterocycles. The average molecular weight is 617 g/mol. The van der Waals surface area contributed by atoms with Crippen LogP contribution < -0.4 is 0 Å². The number of unbranched alkanes of at least 4 members (excludes halogenated alkanes) is 13. The number of carbonyl (C=O) groups excluding carboxylic acids is 2. The number of carbonyl (C=O) groups is 2. The van der Waals surface area contributed by atoms with Gasteiger partial charge in [-0.05, 0) is 38.5 Å². The average Bonchev–Trinajstić information content (AvgIpc) is 3.00. The van der Waals surface area contributed by atoms with Gasteiger partial charge in [0.25, 0.3) is 0 Å². The molecule has 0 radical (unpaired) electrons. The second kappa shape index (κ2) is 25.7. The summed E-state index contributed by atoms with van der Waals surface area (Å²) in [6, 6.07) is 0. The molecule has 0 aromatic carbocycles. The molecule has 0 amide bonds. The van der Waals surface area contributed by atoms with Crippen LogP contribution in [0, 0.1) is 0 Å². The van der Waals surface area contributed by atoms with Crippen molar-refractivity contribution in [1.29, 1.82) is 0 Å². The van der Waals surface area contributed by atoms with Crippen LogP contribution in [0.4, 0.5) is 0 Å². The lowest BCUT2D eigenvalue weighted by atomic mass is 9.99. The maximum absolute atomic E-state index is 12.5. The molecule has 0 aliphatic carbocycles. The zero-order valence-corrected chi connectivity index (χ0v) is 26.7. The van der Waals surface area contributed by atoms with Gasteiger partial charge in [0, 0.05) is 12.8 Å². The Morgan fingerprint density at radius 1 is 0.698 bits per heavy atom. The SMILES string of the molecule is CCCCCCCCC/C=C\CCCCCCCC(=O)OC(COC(=O)CCCC)COC1OC(CO)C(O)C(O)C1O. The fourth-order valence-corrected chi connectivity index (χ4v) is 4.86. The van der Waals surface area contributed by atoms with Crippen molar-refractivity contribution in [1.82, 2.24) is 0 Å². The van der Waals surface area contributed by atoms with E-state index in [0.717, 1.165) is 38.5 Å². The van der Waals surface area contributed by atoms with Crippen molar-refractivity contribution in [3.63, 3.8) is 0 Å². The molecule has 252 valence electrons. The van der Waals surface area contributed by atoms with Crippen LogP contribution in [0.25, 0.3) is 0 Å². The highest BCUT2D eigenvalue weighted by Crippen LogP contribution is 2.22. The third kappa shape index (κ3) is 18.8. The van der Waals surface area contributed by atoms with E-state index >= 15 is 0 Å². The third-order valence-electron chi connectivity index (χ3n) is 7.65. The van der Waals surface area contributed by atoms with Crippen molar-refractivity contribution in [2.24, 2.45) is 0 Å². The van der Waals surface area contributed by atoms with Gasteiger partial charge in [0.15, 0.2) is 12.4 Å². The van der Waals surface area contributed by atoms with Gasteiger partial charge in [-0.25, -0.2) is 0 Å². The van der Waals surface area contributed by atoms with Crippen molar-refractivity contribution in [2.45, 2.75) is 166 Å². The Labute approximate surface area is 259 Å². The van der Waals surface area contributed by atoms with Gasteiger partial charge in [0.2, 0.25) is 0 Å². The molecule has 1 rings (SSSR count). The Balaban J connectivity index is 2.30. The molecule has 43 heavy (non-hydrogen) atoms. The van der Waals surface area contributed by atoms with Crippen LogP contribution in [0.3, 0.4) is 0 Å². The Morgan fingerprint density at radius 3 is 1.86 bits per heavy atom. The maximum atomic E-state index is 12.5. The van der Waals surface area contributed by atoms with Crippen LogP contribution in [0.2, 0.25) is 0 Å². The van der Waals surface area contributed by atoms with E-state index in [4.69, 9.17) is 18.9 Å². The number of rotatable bonds is 26. The van der Waals surface area contributed by atoms with Crippen molar-refractivity contribution in [3.05, 3.63) is 12.2 Å². The lowest BCUT2D eigenvalue weighted by Gasteiger charge is -2.39. The predicted molar refractivity (Wildman–Crippen MR) is 164 cm³/mol. The zero-order valence-electron chi connectivity index (χ0n) is 26.7. The Morgan fingerprint density at radius 2 is 1.26 bits per heavy atom. The van der Waals surface area contributed by atoms with Crippen LogP contribution >= 0.6 is 0 Å². The lowest BCUT2D eigenvalue weighted by molar-refractivity contribution is -0.305. The van der Waals surface area contributed by atoms with Crippen LogP contribution in [-0.2, 0) is 28.5 Å². The summed E-state index contributed by atoms with van der Waals surface area (Å²) in [5, 5.41) is 39.5. The van der Waals surface area contributed by atoms with E-state index in [2.05, 4.69) is 19.1 Å². The van der Waals surface area contributed by atoms with Gasteiger partial charge in [0.05, 0.1) is 13.2 Å². The first-order valence-electron chi connectivity index (χ1n) is 16.8. The van der Waals surface area contributed by atoms with E-state index in [0.29, 0.717) is 12.8 Å². The Hall–Kier alpha value is -1.56. The standard InChI is InChI=1S/C33H60O10/c1-3-5-7-8-9-10-11-12-13-14-15-16-17-18-19-20-22-29(36)42-26(24-40-28(35)21-6-4-2)25-41-33-32(39)31(38)30(37)27(23-34)43-33/h13-14,26-27,30-34,37-39H,3-12,15-25H2,1-2H3/b14-13-. The molecule has 0 aromatic rings. The van der Waals surface area contributed by atoms with E-state index in [1.54, 1.807) is 0 Å². The summed E-state index contributed by atoms with van der Waals surface area (Å²) in [6.07, 6.45) is 14.9. The van der Waals surface area contributed by atoms with Gasteiger partial charge in [-0.3, -0.25) is 9.59 Å². The minimum absolute atomic E-state index is 0.221. The van der Waals surface area contributed by atoms with Gasteiger partial charge < -0.3 is 39.4 Å². The normalized spacial score (nSPS) is 23.0. The van der Waals surface area contributed by atoms with Crippen LogP contribution in [-0.4, -0.2) is 89.0 Å². The van der Waals surface area contributed by atoms with E-state index in [1.807, 2.05) is 6.92 Å². The fourth-order valence-electron chi connectivity index (χ4n) is 4.86. The molecule has 1 aliphatic rings. The summed E-state index contributed by atoms with van der Waals surface area (Å²) >= 11 is 0. The minimum Gasteiger partial charge on any atom is -0.462 e. The molecular formula is C33H60O10. The topological polar surface area (TPSA) is 152 Å². The van der Waals surface area contributed by atoms with Crippen LogP contribution in [0.15, 0.2) is 12.2 Å². The number of esters is 2. The van der Waals surface area contributed by atoms with Crippen LogP contribution in [0.1, 0.15) is 129 Å². The molecule has 10 nitrogen and oxygen atoms in total. The summed E-state index contributed by atoms with van der Waals surface area (Å²) in [5.74, 6) is -0.858. The quantitative estimate of drug-likeness (QED) is 0.0601. The number of aliphatic hydroxyl groups is 4. The van der Waals surface area contributed by atoms with Gasteiger partial charge in [-0.1, -0.05) is 90.2 Å². The minimum atomic E-state index is -1.59. The highest BCUT2D eigenvalue weighted by atomic mass is 16.7. The number of hydrogen-bond donors (Lipinski definition) is 4. The second-order valence-corrected chi connectivity index (χ2v) is 11.6. The molecule has 0 spiro atoms. The van der Waals surface area contributed by atoms with Gasteiger partial charge in [-0.2, -0.15) is 0 Å². The molecule has 1 fully saturated rings. The molecular weight excluding hydrogens is 556 g/mol. The van der Waals surface area contributed by atoms with E-state index in [1.165, 1.54) is 51.4 Å². The van der Waals surface area contributed by atoms with E-state index in [-0.39, 0.29) is 26.1 Å². The molecule has 1 saturated heterocycles. The first-order valence-corrected chi connectivity index (χ1v) is 16.8. The molecule has 0 bridgehead atoms. The fraction of sp³-hybridized carbons (Fsp3) is 0.879. The number of allylic oxidation sites excluding steroid dienone is 2. The molecule has 6 unspecified atom stereocenters. The van der Waals surface area contributed by atoms with Crippen molar-refractivity contribution in [2.75, 3.05) is 19.8 Å². The monoisotopic (exact) mass is 616 g/mol. The smallest absolute Gasteiger partial charge is 0.306 e.